The standard InChI is InChI=1S/C12H17N3O2/c16-11(14-6-8-3-4-8)10-7-17-12(15-10)9-2-1-5-13-9/h7-9,13H,1-6H2,(H,14,16). The lowest BCUT2D eigenvalue weighted by atomic mass is 10.2. The Balaban J connectivity index is 1.60. The van der Waals surface area contributed by atoms with Gasteiger partial charge in [-0.3, -0.25) is 4.79 Å². The van der Waals surface area contributed by atoms with Crippen LogP contribution in [0.3, 0.4) is 0 Å². The third kappa shape index (κ3) is 2.49. The van der Waals surface area contributed by atoms with E-state index >= 15 is 0 Å². The highest BCUT2D eigenvalue weighted by Gasteiger charge is 2.24. The van der Waals surface area contributed by atoms with Gasteiger partial charge in [-0.15, -0.1) is 0 Å². The lowest BCUT2D eigenvalue weighted by molar-refractivity contribution is 0.0946. The molecule has 1 saturated carbocycles. The minimum atomic E-state index is -0.120. The van der Waals surface area contributed by atoms with E-state index in [0.717, 1.165) is 25.9 Å². The van der Waals surface area contributed by atoms with E-state index in [1.165, 1.54) is 19.1 Å². The number of aromatic nitrogens is 1. The number of carbonyl (C=O) groups excluding carboxylic acids is 1. The van der Waals surface area contributed by atoms with E-state index in [9.17, 15) is 4.79 Å². The van der Waals surface area contributed by atoms with Crippen molar-refractivity contribution in [3.05, 3.63) is 17.8 Å². The zero-order valence-corrected chi connectivity index (χ0v) is 9.74. The summed E-state index contributed by atoms with van der Waals surface area (Å²) in [5.74, 6) is 1.20. The van der Waals surface area contributed by atoms with E-state index in [2.05, 4.69) is 15.6 Å². The molecule has 17 heavy (non-hydrogen) atoms. The van der Waals surface area contributed by atoms with Crippen molar-refractivity contribution >= 4 is 5.91 Å². The topological polar surface area (TPSA) is 67.2 Å². The van der Waals surface area contributed by atoms with Gasteiger partial charge < -0.3 is 15.1 Å². The molecule has 5 heteroatoms. The fraction of sp³-hybridized carbons (Fsp3) is 0.667. The zero-order valence-electron chi connectivity index (χ0n) is 9.74. The summed E-state index contributed by atoms with van der Waals surface area (Å²) in [6, 6.07) is 0.181. The molecular weight excluding hydrogens is 218 g/mol. The smallest absolute Gasteiger partial charge is 0.273 e. The van der Waals surface area contributed by atoms with Crippen molar-refractivity contribution < 1.29 is 9.21 Å². The lowest BCUT2D eigenvalue weighted by Gasteiger charge is -2.03. The number of hydrogen-bond donors (Lipinski definition) is 2. The third-order valence-corrected chi connectivity index (χ3v) is 3.36. The molecule has 2 fully saturated rings. The van der Waals surface area contributed by atoms with Gasteiger partial charge in [0.25, 0.3) is 5.91 Å². The Morgan fingerprint density at radius 3 is 3.12 bits per heavy atom. The van der Waals surface area contributed by atoms with Gasteiger partial charge in [0.05, 0.1) is 6.04 Å². The molecule has 1 aromatic rings. The quantitative estimate of drug-likeness (QED) is 0.824. The molecule has 1 saturated heterocycles. The number of nitrogens with one attached hydrogen (secondary N) is 2. The Bertz CT molecular complexity index is 406. The van der Waals surface area contributed by atoms with Gasteiger partial charge in [0.2, 0.25) is 5.89 Å². The van der Waals surface area contributed by atoms with Gasteiger partial charge in [0, 0.05) is 6.54 Å². The first kappa shape index (κ1) is 10.8. The molecule has 2 heterocycles. The van der Waals surface area contributed by atoms with Gasteiger partial charge in [0.1, 0.15) is 6.26 Å². The van der Waals surface area contributed by atoms with Gasteiger partial charge in [-0.05, 0) is 38.1 Å². The van der Waals surface area contributed by atoms with Crippen LogP contribution in [0.25, 0.3) is 0 Å². The van der Waals surface area contributed by atoms with Crippen LogP contribution in [0.2, 0.25) is 0 Å². The van der Waals surface area contributed by atoms with Crippen molar-refractivity contribution in [2.75, 3.05) is 13.1 Å². The highest BCUT2D eigenvalue weighted by molar-refractivity contribution is 5.91. The lowest BCUT2D eigenvalue weighted by Crippen LogP contribution is -2.26. The molecule has 5 nitrogen and oxygen atoms in total. The number of oxazole rings is 1. The zero-order chi connectivity index (χ0) is 11.7. The van der Waals surface area contributed by atoms with Crippen LogP contribution in [0.15, 0.2) is 10.7 Å². The normalized spacial score (nSPS) is 23.9. The monoisotopic (exact) mass is 235 g/mol. The molecule has 3 rings (SSSR count). The molecule has 1 atom stereocenters. The molecule has 2 aliphatic rings. The first-order valence-corrected chi connectivity index (χ1v) is 6.30. The summed E-state index contributed by atoms with van der Waals surface area (Å²) in [5.41, 5.74) is 0.398. The minimum Gasteiger partial charge on any atom is -0.446 e. The molecular formula is C12H17N3O2. The maximum Gasteiger partial charge on any atom is 0.273 e. The predicted molar refractivity (Wildman–Crippen MR) is 61.5 cm³/mol. The molecule has 2 N–H and O–H groups in total. The Hall–Kier alpha value is -1.36. The molecule has 0 radical (unpaired) electrons. The number of carbonyl (C=O) groups is 1. The summed E-state index contributed by atoms with van der Waals surface area (Å²) in [4.78, 5) is 16.0. The number of rotatable bonds is 4. The summed E-state index contributed by atoms with van der Waals surface area (Å²) < 4.78 is 5.36. The maximum absolute atomic E-state index is 11.8. The molecule has 1 amide bonds. The summed E-state index contributed by atoms with van der Waals surface area (Å²) in [5, 5.41) is 6.18. The Morgan fingerprint density at radius 1 is 1.53 bits per heavy atom. The molecule has 1 unspecified atom stereocenters. The van der Waals surface area contributed by atoms with Crippen molar-refractivity contribution in [3.63, 3.8) is 0 Å². The maximum atomic E-state index is 11.8. The largest absolute Gasteiger partial charge is 0.446 e. The second-order valence-corrected chi connectivity index (χ2v) is 4.87. The molecule has 0 bridgehead atoms. The van der Waals surface area contributed by atoms with Crippen molar-refractivity contribution in [3.8, 4) is 0 Å². The minimum absolute atomic E-state index is 0.120. The van der Waals surface area contributed by atoms with Gasteiger partial charge in [0.15, 0.2) is 5.69 Å². The van der Waals surface area contributed by atoms with Crippen LogP contribution >= 0.6 is 0 Å². The van der Waals surface area contributed by atoms with Crippen molar-refractivity contribution in [2.45, 2.75) is 31.7 Å². The Labute approximate surface area is 100.0 Å². The highest BCUT2D eigenvalue weighted by Crippen LogP contribution is 2.27. The first-order chi connectivity index (χ1) is 8.33. The second kappa shape index (κ2) is 4.49. The van der Waals surface area contributed by atoms with Crippen LogP contribution in [0.1, 0.15) is 48.1 Å². The summed E-state index contributed by atoms with van der Waals surface area (Å²) in [6.07, 6.45) is 6.09. The van der Waals surface area contributed by atoms with E-state index in [1.807, 2.05) is 0 Å². The third-order valence-electron chi connectivity index (χ3n) is 3.36. The molecule has 1 aliphatic heterocycles. The fourth-order valence-electron chi connectivity index (χ4n) is 2.10. The van der Waals surface area contributed by atoms with Crippen LogP contribution in [0.5, 0.6) is 0 Å². The summed E-state index contributed by atoms with van der Waals surface area (Å²) >= 11 is 0. The van der Waals surface area contributed by atoms with Crippen LogP contribution in [0, 0.1) is 5.92 Å². The predicted octanol–water partition coefficient (Wildman–Crippen LogP) is 1.24. The van der Waals surface area contributed by atoms with Gasteiger partial charge in [-0.25, -0.2) is 4.98 Å². The second-order valence-electron chi connectivity index (χ2n) is 4.87. The summed E-state index contributed by atoms with van der Waals surface area (Å²) in [7, 11) is 0. The van der Waals surface area contributed by atoms with E-state index in [4.69, 9.17) is 4.42 Å². The number of amides is 1. The molecule has 0 aromatic carbocycles. The average Bonchev–Trinajstić information content (AvgIpc) is 2.85. The number of nitrogens with zero attached hydrogens (tertiary/aromatic N) is 1. The van der Waals surface area contributed by atoms with Crippen LogP contribution in [-0.2, 0) is 0 Å². The summed E-state index contributed by atoms with van der Waals surface area (Å²) in [6.45, 7) is 1.76. The van der Waals surface area contributed by atoms with E-state index in [-0.39, 0.29) is 11.9 Å². The van der Waals surface area contributed by atoms with Crippen molar-refractivity contribution in [1.82, 2.24) is 15.6 Å². The van der Waals surface area contributed by atoms with Crippen LogP contribution < -0.4 is 10.6 Å². The van der Waals surface area contributed by atoms with Crippen LogP contribution in [0.4, 0.5) is 0 Å². The van der Waals surface area contributed by atoms with E-state index in [0.29, 0.717) is 17.5 Å². The van der Waals surface area contributed by atoms with E-state index < -0.39 is 0 Å². The van der Waals surface area contributed by atoms with Gasteiger partial charge >= 0.3 is 0 Å². The van der Waals surface area contributed by atoms with E-state index in [1.54, 1.807) is 0 Å². The fourth-order valence-corrected chi connectivity index (χ4v) is 2.10. The SMILES string of the molecule is O=C(NCC1CC1)c1coc(C2CCCN2)n1. The molecule has 92 valence electrons. The average molecular weight is 235 g/mol. The van der Waals surface area contributed by atoms with Crippen molar-refractivity contribution in [2.24, 2.45) is 5.92 Å². The molecule has 1 aromatic heterocycles. The number of hydrogen-bond acceptors (Lipinski definition) is 4. The Kier molecular flexibility index (Phi) is 2.84. The first-order valence-electron chi connectivity index (χ1n) is 6.30. The Morgan fingerprint density at radius 2 is 2.41 bits per heavy atom. The molecule has 1 aliphatic carbocycles. The molecule has 0 spiro atoms. The van der Waals surface area contributed by atoms with Gasteiger partial charge in [-0.2, -0.15) is 0 Å². The van der Waals surface area contributed by atoms with Gasteiger partial charge in [-0.1, -0.05) is 0 Å². The van der Waals surface area contributed by atoms with Crippen LogP contribution in [-0.4, -0.2) is 24.0 Å². The highest BCUT2D eigenvalue weighted by atomic mass is 16.3. The van der Waals surface area contributed by atoms with Crippen molar-refractivity contribution in [1.29, 1.82) is 0 Å².